The van der Waals surface area contributed by atoms with Gasteiger partial charge in [0, 0.05) is 7.11 Å². The number of aliphatic carboxylic acids is 1. The molecular weight excluding hydrogens is 144 g/mol. The zero-order valence-corrected chi connectivity index (χ0v) is 7.33. The quantitative estimate of drug-likeness (QED) is 0.663. The summed E-state index contributed by atoms with van der Waals surface area (Å²) in [6.45, 7) is 4.13. The van der Waals surface area contributed by atoms with Crippen LogP contribution in [0.15, 0.2) is 0 Å². The minimum absolute atomic E-state index is 0.534. The van der Waals surface area contributed by atoms with Crippen molar-refractivity contribution in [3.05, 3.63) is 0 Å². The van der Waals surface area contributed by atoms with Crippen LogP contribution >= 0.6 is 0 Å². The highest BCUT2D eigenvalue weighted by atomic mass is 16.5. The SMILES string of the molecule is COC(CCC(C)C)C(=O)O. The van der Waals surface area contributed by atoms with Crippen LogP contribution in [0.1, 0.15) is 26.7 Å². The molecule has 0 fully saturated rings. The second kappa shape index (κ2) is 5.13. The third kappa shape index (κ3) is 4.79. The van der Waals surface area contributed by atoms with E-state index in [9.17, 15) is 4.79 Å². The Morgan fingerprint density at radius 3 is 2.27 bits per heavy atom. The fourth-order valence-corrected chi connectivity index (χ4v) is 0.827. The van der Waals surface area contributed by atoms with Gasteiger partial charge in [-0.3, -0.25) is 0 Å². The summed E-state index contributed by atoms with van der Waals surface area (Å²) in [4.78, 5) is 10.4. The van der Waals surface area contributed by atoms with Gasteiger partial charge in [-0.2, -0.15) is 0 Å². The summed E-state index contributed by atoms with van der Waals surface area (Å²) in [6.07, 6.45) is 0.867. The first-order valence-corrected chi connectivity index (χ1v) is 3.83. The lowest BCUT2D eigenvalue weighted by Crippen LogP contribution is -2.22. The number of methoxy groups -OCH3 is 1. The highest BCUT2D eigenvalue weighted by molar-refractivity contribution is 5.72. The summed E-state index contributed by atoms with van der Waals surface area (Å²) >= 11 is 0. The minimum Gasteiger partial charge on any atom is -0.479 e. The van der Waals surface area contributed by atoms with Gasteiger partial charge in [0.05, 0.1) is 0 Å². The molecule has 0 aliphatic rings. The molecule has 0 spiro atoms. The Kier molecular flexibility index (Phi) is 4.86. The molecule has 0 aliphatic heterocycles. The topological polar surface area (TPSA) is 46.5 Å². The third-order valence-corrected chi connectivity index (χ3v) is 1.57. The number of ether oxygens (including phenoxy) is 1. The molecule has 0 rings (SSSR count). The molecular formula is C8H16O3. The summed E-state index contributed by atoms with van der Waals surface area (Å²) < 4.78 is 4.76. The van der Waals surface area contributed by atoms with Gasteiger partial charge in [0.15, 0.2) is 6.10 Å². The van der Waals surface area contributed by atoms with Crippen molar-refractivity contribution in [2.75, 3.05) is 7.11 Å². The van der Waals surface area contributed by atoms with Crippen molar-refractivity contribution in [2.45, 2.75) is 32.8 Å². The van der Waals surface area contributed by atoms with Gasteiger partial charge < -0.3 is 9.84 Å². The molecule has 66 valence electrons. The number of hydrogen-bond acceptors (Lipinski definition) is 2. The fourth-order valence-electron chi connectivity index (χ4n) is 0.827. The molecule has 1 unspecified atom stereocenters. The van der Waals surface area contributed by atoms with Crippen LogP contribution in [0, 0.1) is 5.92 Å². The largest absolute Gasteiger partial charge is 0.479 e. The van der Waals surface area contributed by atoms with E-state index in [2.05, 4.69) is 13.8 Å². The van der Waals surface area contributed by atoms with Gasteiger partial charge in [0.2, 0.25) is 0 Å². The lowest BCUT2D eigenvalue weighted by atomic mass is 10.1. The van der Waals surface area contributed by atoms with Crippen LogP contribution in [0.2, 0.25) is 0 Å². The average Bonchev–Trinajstić information content (AvgIpc) is 1.87. The second-order valence-corrected chi connectivity index (χ2v) is 3.03. The van der Waals surface area contributed by atoms with Gasteiger partial charge in [-0.25, -0.2) is 4.79 Å². The van der Waals surface area contributed by atoms with Crippen molar-refractivity contribution in [2.24, 2.45) is 5.92 Å². The van der Waals surface area contributed by atoms with Gasteiger partial charge >= 0.3 is 5.97 Å². The van der Waals surface area contributed by atoms with Crippen LogP contribution in [0.25, 0.3) is 0 Å². The van der Waals surface area contributed by atoms with E-state index < -0.39 is 12.1 Å². The Morgan fingerprint density at radius 2 is 2.00 bits per heavy atom. The van der Waals surface area contributed by atoms with Crippen molar-refractivity contribution in [1.29, 1.82) is 0 Å². The normalized spacial score (nSPS) is 13.5. The van der Waals surface area contributed by atoms with Crippen LogP contribution in [-0.2, 0) is 9.53 Å². The molecule has 1 atom stereocenters. The maximum absolute atomic E-state index is 10.4. The summed E-state index contributed by atoms with van der Waals surface area (Å²) in [5.74, 6) is -0.333. The van der Waals surface area contributed by atoms with E-state index >= 15 is 0 Å². The van der Waals surface area contributed by atoms with E-state index in [-0.39, 0.29) is 0 Å². The first-order chi connectivity index (χ1) is 5.07. The third-order valence-electron chi connectivity index (χ3n) is 1.57. The van der Waals surface area contributed by atoms with Crippen molar-refractivity contribution < 1.29 is 14.6 Å². The van der Waals surface area contributed by atoms with E-state index in [1.54, 1.807) is 0 Å². The molecule has 0 heterocycles. The number of carboxylic acid groups (broad SMARTS) is 1. The molecule has 0 aromatic heterocycles. The summed E-state index contributed by atoms with van der Waals surface area (Å²) in [6, 6.07) is 0. The Labute approximate surface area is 67.4 Å². The standard InChI is InChI=1S/C8H16O3/c1-6(2)4-5-7(11-3)8(9)10/h6-7H,4-5H2,1-3H3,(H,9,10). The van der Waals surface area contributed by atoms with E-state index in [0.29, 0.717) is 12.3 Å². The van der Waals surface area contributed by atoms with E-state index in [0.717, 1.165) is 6.42 Å². The van der Waals surface area contributed by atoms with E-state index in [1.807, 2.05) is 0 Å². The van der Waals surface area contributed by atoms with Gasteiger partial charge in [-0.1, -0.05) is 13.8 Å². The van der Waals surface area contributed by atoms with Crippen molar-refractivity contribution in [3.8, 4) is 0 Å². The van der Waals surface area contributed by atoms with Crippen LogP contribution in [0.4, 0.5) is 0 Å². The van der Waals surface area contributed by atoms with Crippen molar-refractivity contribution >= 4 is 5.97 Å². The van der Waals surface area contributed by atoms with Crippen LogP contribution in [0.3, 0.4) is 0 Å². The molecule has 0 amide bonds. The molecule has 3 heteroatoms. The predicted molar refractivity (Wildman–Crippen MR) is 42.5 cm³/mol. The Bertz CT molecular complexity index is 121. The second-order valence-electron chi connectivity index (χ2n) is 3.03. The van der Waals surface area contributed by atoms with Gasteiger partial charge in [-0.15, -0.1) is 0 Å². The fraction of sp³-hybridized carbons (Fsp3) is 0.875. The summed E-state index contributed by atoms with van der Waals surface area (Å²) in [5, 5.41) is 8.56. The molecule has 0 saturated carbocycles. The van der Waals surface area contributed by atoms with Crippen LogP contribution < -0.4 is 0 Å². The molecule has 0 aromatic rings. The molecule has 3 nitrogen and oxygen atoms in total. The van der Waals surface area contributed by atoms with Crippen molar-refractivity contribution in [3.63, 3.8) is 0 Å². The zero-order valence-electron chi connectivity index (χ0n) is 7.33. The van der Waals surface area contributed by atoms with Crippen LogP contribution in [-0.4, -0.2) is 24.3 Å². The number of carboxylic acids is 1. The monoisotopic (exact) mass is 160 g/mol. The van der Waals surface area contributed by atoms with Gasteiger partial charge in [0.1, 0.15) is 0 Å². The smallest absolute Gasteiger partial charge is 0.332 e. The number of rotatable bonds is 5. The zero-order chi connectivity index (χ0) is 8.85. The first kappa shape index (κ1) is 10.4. The number of carbonyl (C=O) groups is 1. The maximum Gasteiger partial charge on any atom is 0.332 e. The molecule has 0 bridgehead atoms. The van der Waals surface area contributed by atoms with E-state index in [1.165, 1.54) is 7.11 Å². The molecule has 1 N–H and O–H groups in total. The molecule has 0 aliphatic carbocycles. The molecule has 0 saturated heterocycles. The van der Waals surface area contributed by atoms with Gasteiger partial charge in [-0.05, 0) is 18.8 Å². The van der Waals surface area contributed by atoms with Crippen molar-refractivity contribution in [1.82, 2.24) is 0 Å². The molecule has 0 radical (unpaired) electrons. The lowest BCUT2D eigenvalue weighted by molar-refractivity contribution is -0.149. The molecule has 0 aromatic carbocycles. The molecule has 11 heavy (non-hydrogen) atoms. The lowest BCUT2D eigenvalue weighted by Gasteiger charge is -2.10. The Balaban J connectivity index is 3.61. The van der Waals surface area contributed by atoms with Crippen LogP contribution in [0.5, 0.6) is 0 Å². The summed E-state index contributed by atoms with van der Waals surface area (Å²) in [5.41, 5.74) is 0. The van der Waals surface area contributed by atoms with E-state index in [4.69, 9.17) is 9.84 Å². The highest BCUT2D eigenvalue weighted by Gasteiger charge is 2.15. The minimum atomic E-state index is -0.867. The summed E-state index contributed by atoms with van der Waals surface area (Å²) in [7, 11) is 1.43. The maximum atomic E-state index is 10.4. The first-order valence-electron chi connectivity index (χ1n) is 3.83. The predicted octanol–water partition coefficient (Wildman–Crippen LogP) is 1.52. The Hall–Kier alpha value is -0.570. The average molecular weight is 160 g/mol. The van der Waals surface area contributed by atoms with Gasteiger partial charge in [0.25, 0.3) is 0 Å². The number of hydrogen-bond donors (Lipinski definition) is 1. The highest BCUT2D eigenvalue weighted by Crippen LogP contribution is 2.08. The Morgan fingerprint density at radius 1 is 1.45 bits per heavy atom.